The maximum Gasteiger partial charge on any atom is 0.192 e. The van der Waals surface area contributed by atoms with Crippen molar-refractivity contribution in [3.8, 4) is 0 Å². The normalized spacial score (nSPS) is 12.5. The van der Waals surface area contributed by atoms with Gasteiger partial charge in [0.1, 0.15) is 0 Å². The van der Waals surface area contributed by atoms with Crippen LogP contribution in [0.1, 0.15) is 20.8 Å². The van der Waals surface area contributed by atoms with Crippen LogP contribution < -0.4 is 5.90 Å². The van der Waals surface area contributed by atoms with E-state index in [1.807, 2.05) is 0 Å². The quantitative estimate of drug-likeness (QED) is 0.456. The summed E-state index contributed by atoms with van der Waals surface area (Å²) in [5.74, 6) is 4.90. The highest BCUT2D eigenvalue weighted by atomic mass is 35.5. The Morgan fingerprint density at radius 3 is 1.92 bits per heavy atom. The largest absolute Gasteiger partial charge is 0.414 e. The van der Waals surface area contributed by atoms with Crippen molar-refractivity contribution >= 4 is 20.7 Å². The molecular formula is C8H22ClNO2Si. The molecule has 0 radical (unpaired) electrons. The van der Waals surface area contributed by atoms with E-state index in [1.165, 1.54) is 0 Å². The maximum absolute atomic E-state index is 5.77. The summed E-state index contributed by atoms with van der Waals surface area (Å²) in [6, 6.07) is 0. The van der Waals surface area contributed by atoms with Crippen molar-refractivity contribution in [2.75, 3.05) is 13.2 Å². The minimum Gasteiger partial charge on any atom is -0.414 e. The van der Waals surface area contributed by atoms with Crippen molar-refractivity contribution < 1.29 is 9.26 Å². The lowest BCUT2D eigenvalue weighted by Crippen LogP contribution is -2.41. The molecule has 0 unspecified atom stereocenters. The van der Waals surface area contributed by atoms with Crippen molar-refractivity contribution in [3.63, 3.8) is 0 Å². The molecule has 0 rings (SSSR count). The van der Waals surface area contributed by atoms with Crippen molar-refractivity contribution in [1.29, 1.82) is 0 Å². The fourth-order valence-corrected chi connectivity index (χ4v) is 1.59. The van der Waals surface area contributed by atoms with Gasteiger partial charge in [-0.2, -0.15) is 0 Å². The molecule has 0 aromatic carbocycles. The molecule has 0 aromatic rings. The van der Waals surface area contributed by atoms with Gasteiger partial charge in [-0.3, -0.25) is 0 Å². The van der Waals surface area contributed by atoms with Gasteiger partial charge in [0.2, 0.25) is 0 Å². The number of halogens is 1. The molecular weight excluding hydrogens is 206 g/mol. The molecule has 0 heterocycles. The SMILES string of the molecule is CC(C)(C)[Si](C)(C)OCCON.Cl. The Hall–Kier alpha value is 0.387. The first-order valence-electron chi connectivity index (χ1n) is 4.27. The zero-order valence-corrected chi connectivity index (χ0v) is 11.0. The lowest BCUT2D eigenvalue weighted by Gasteiger charge is -2.35. The Morgan fingerprint density at radius 2 is 1.62 bits per heavy atom. The van der Waals surface area contributed by atoms with Gasteiger partial charge in [0.05, 0.1) is 13.2 Å². The van der Waals surface area contributed by atoms with Gasteiger partial charge in [0, 0.05) is 0 Å². The van der Waals surface area contributed by atoms with E-state index < -0.39 is 8.32 Å². The Bertz CT molecular complexity index is 137. The Kier molecular flexibility index (Phi) is 7.29. The zero-order valence-electron chi connectivity index (χ0n) is 9.22. The molecule has 2 N–H and O–H groups in total. The van der Waals surface area contributed by atoms with Crippen LogP contribution in [-0.2, 0) is 9.26 Å². The highest BCUT2D eigenvalue weighted by molar-refractivity contribution is 6.74. The average molecular weight is 228 g/mol. The number of nitrogens with two attached hydrogens (primary N) is 1. The third-order valence-corrected chi connectivity index (χ3v) is 7.01. The van der Waals surface area contributed by atoms with Crippen molar-refractivity contribution in [1.82, 2.24) is 0 Å². The minimum absolute atomic E-state index is 0. The molecule has 0 bridgehead atoms. The van der Waals surface area contributed by atoms with E-state index in [-0.39, 0.29) is 17.4 Å². The van der Waals surface area contributed by atoms with Crippen LogP contribution in [0.4, 0.5) is 0 Å². The van der Waals surface area contributed by atoms with Gasteiger partial charge in [-0.25, -0.2) is 5.90 Å². The van der Waals surface area contributed by atoms with E-state index in [1.54, 1.807) is 0 Å². The van der Waals surface area contributed by atoms with E-state index in [9.17, 15) is 0 Å². The molecule has 0 amide bonds. The van der Waals surface area contributed by atoms with E-state index in [0.717, 1.165) is 0 Å². The van der Waals surface area contributed by atoms with Crippen LogP contribution in [0.2, 0.25) is 18.1 Å². The van der Waals surface area contributed by atoms with Gasteiger partial charge in [0.15, 0.2) is 8.32 Å². The second kappa shape index (κ2) is 5.98. The third-order valence-electron chi connectivity index (χ3n) is 2.47. The third kappa shape index (κ3) is 5.64. The number of hydrogen-bond donors (Lipinski definition) is 1. The van der Waals surface area contributed by atoms with Crippen LogP contribution in [0.25, 0.3) is 0 Å². The van der Waals surface area contributed by atoms with Crippen LogP contribution in [0.3, 0.4) is 0 Å². The maximum atomic E-state index is 5.77. The number of rotatable bonds is 4. The summed E-state index contributed by atoms with van der Waals surface area (Å²) in [6.45, 7) is 12.1. The predicted octanol–water partition coefficient (Wildman–Crippen LogP) is 2.32. The molecule has 0 atom stereocenters. The lowest BCUT2D eigenvalue weighted by molar-refractivity contribution is 0.0970. The van der Waals surface area contributed by atoms with E-state index >= 15 is 0 Å². The second-order valence-electron chi connectivity index (χ2n) is 4.48. The summed E-state index contributed by atoms with van der Waals surface area (Å²) in [5, 5.41) is 0.265. The summed E-state index contributed by atoms with van der Waals surface area (Å²) >= 11 is 0. The Labute approximate surface area is 88.5 Å². The number of hydrogen-bond acceptors (Lipinski definition) is 3. The van der Waals surface area contributed by atoms with Crippen LogP contribution >= 0.6 is 12.4 Å². The molecule has 0 aliphatic carbocycles. The molecule has 3 nitrogen and oxygen atoms in total. The highest BCUT2D eigenvalue weighted by Crippen LogP contribution is 2.36. The molecule has 13 heavy (non-hydrogen) atoms. The summed E-state index contributed by atoms with van der Waals surface area (Å²) in [5.41, 5.74) is 0. The van der Waals surface area contributed by atoms with Crippen molar-refractivity contribution in [2.45, 2.75) is 38.9 Å². The fraction of sp³-hybridized carbons (Fsp3) is 1.00. The molecule has 0 aliphatic rings. The van der Waals surface area contributed by atoms with E-state index in [4.69, 9.17) is 10.3 Å². The summed E-state index contributed by atoms with van der Waals surface area (Å²) in [4.78, 5) is 4.45. The molecule has 82 valence electrons. The molecule has 5 heteroatoms. The molecule has 0 fully saturated rings. The first kappa shape index (κ1) is 15.8. The van der Waals surface area contributed by atoms with Crippen LogP contribution in [-0.4, -0.2) is 21.5 Å². The monoisotopic (exact) mass is 227 g/mol. The Balaban J connectivity index is 0. The molecule has 0 aliphatic heterocycles. The molecule has 0 spiro atoms. The van der Waals surface area contributed by atoms with E-state index in [2.05, 4.69) is 38.7 Å². The van der Waals surface area contributed by atoms with Crippen LogP contribution in [0.5, 0.6) is 0 Å². The predicted molar refractivity (Wildman–Crippen MR) is 60.5 cm³/mol. The molecule has 0 aromatic heterocycles. The summed E-state index contributed by atoms with van der Waals surface area (Å²) < 4.78 is 5.77. The van der Waals surface area contributed by atoms with Crippen LogP contribution in [0, 0.1) is 0 Å². The smallest absolute Gasteiger partial charge is 0.192 e. The topological polar surface area (TPSA) is 44.5 Å². The lowest BCUT2D eigenvalue weighted by atomic mass is 10.2. The van der Waals surface area contributed by atoms with Crippen LogP contribution in [0.15, 0.2) is 0 Å². The first-order chi connectivity index (χ1) is 5.31. The molecule has 0 saturated heterocycles. The summed E-state index contributed by atoms with van der Waals surface area (Å²) in [7, 11) is -1.58. The van der Waals surface area contributed by atoms with Gasteiger partial charge < -0.3 is 9.26 Å². The first-order valence-corrected chi connectivity index (χ1v) is 7.18. The van der Waals surface area contributed by atoms with Gasteiger partial charge in [-0.15, -0.1) is 12.4 Å². The summed E-state index contributed by atoms with van der Waals surface area (Å²) in [6.07, 6.45) is 0. The van der Waals surface area contributed by atoms with Crippen molar-refractivity contribution in [2.24, 2.45) is 5.90 Å². The second-order valence-corrected chi connectivity index (χ2v) is 9.29. The van der Waals surface area contributed by atoms with Gasteiger partial charge in [0.25, 0.3) is 0 Å². The molecule has 0 saturated carbocycles. The van der Waals surface area contributed by atoms with Gasteiger partial charge in [-0.05, 0) is 18.1 Å². The zero-order chi connectivity index (χ0) is 9.83. The average Bonchev–Trinajstić information content (AvgIpc) is 1.85. The fourth-order valence-electron chi connectivity index (χ4n) is 0.561. The standard InChI is InChI=1S/C8H21NO2Si.ClH/c1-8(2,3)12(4,5)11-7-6-10-9;/h6-7,9H2,1-5H3;1H. The van der Waals surface area contributed by atoms with E-state index in [0.29, 0.717) is 13.2 Å². The highest BCUT2D eigenvalue weighted by Gasteiger charge is 2.36. The van der Waals surface area contributed by atoms with Gasteiger partial charge >= 0.3 is 0 Å². The minimum atomic E-state index is -1.58. The Morgan fingerprint density at radius 1 is 1.15 bits per heavy atom. The van der Waals surface area contributed by atoms with Gasteiger partial charge in [-0.1, -0.05) is 20.8 Å². The van der Waals surface area contributed by atoms with Crippen molar-refractivity contribution in [3.05, 3.63) is 0 Å².